The number of nitrogens with one attached hydrogen (secondary N) is 1. The van der Waals surface area contributed by atoms with Gasteiger partial charge >= 0.3 is 0 Å². The van der Waals surface area contributed by atoms with Gasteiger partial charge in [-0.05, 0) is 69.7 Å². The summed E-state index contributed by atoms with van der Waals surface area (Å²) in [5.41, 5.74) is 3.26. The minimum absolute atomic E-state index is 0.0883. The second kappa shape index (κ2) is 7.53. The third-order valence-electron chi connectivity index (χ3n) is 5.23. The number of nitrogens with zero attached hydrogens (tertiary/aromatic N) is 1. The van der Waals surface area contributed by atoms with Crippen molar-refractivity contribution in [3.8, 4) is 0 Å². The summed E-state index contributed by atoms with van der Waals surface area (Å²) in [6.07, 6.45) is 1.53. The second-order valence-corrected chi connectivity index (χ2v) is 10.5. The summed E-state index contributed by atoms with van der Waals surface area (Å²) in [5.74, 6) is -0.122. The number of hydrogen-bond donors (Lipinski definition) is 2. The van der Waals surface area contributed by atoms with Gasteiger partial charge in [0, 0.05) is 27.6 Å². The van der Waals surface area contributed by atoms with E-state index in [1.807, 2.05) is 18.2 Å². The number of fused-ring (bicyclic) bond motifs is 2. The summed E-state index contributed by atoms with van der Waals surface area (Å²) in [4.78, 5) is 11.8. The summed E-state index contributed by atoms with van der Waals surface area (Å²) < 4.78 is 29.6. The molecule has 4 rings (SSSR count). The molecule has 2 aliphatic rings. The van der Waals surface area contributed by atoms with Gasteiger partial charge in [0.1, 0.15) is 0 Å². The van der Waals surface area contributed by atoms with Crippen molar-refractivity contribution in [3.05, 3.63) is 56.0 Å². The zero-order valence-electron chi connectivity index (χ0n) is 14.8. The predicted octanol–water partition coefficient (Wildman–Crippen LogP) is 3.38. The van der Waals surface area contributed by atoms with Gasteiger partial charge in [-0.1, -0.05) is 22.0 Å². The predicted molar refractivity (Wildman–Crippen MR) is 113 cm³/mol. The molecule has 2 aliphatic heterocycles. The van der Waals surface area contributed by atoms with Crippen LogP contribution in [0, 0.1) is 0 Å². The number of halogens is 2. The molecule has 2 aromatic carbocycles. The maximum absolute atomic E-state index is 13.5. The Morgan fingerprint density at radius 1 is 1.11 bits per heavy atom. The maximum Gasteiger partial charge on any atom is 0.244 e. The molecule has 6 nitrogen and oxygen atoms in total. The molecular formula is C19H18Br2N2O4S. The van der Waals surface area contributed by atoms with E-state index in [0.717, 1.165) is 21.2 Å². The van der Waals surface area contributed by atoms with E-state index < -0.39 is 16.1 Å². The Kier molecular flexibility index (Phi) is 5.39. The van der Waals surface area contributed by atoms with Crippen molar-refractivity contribution in [2.45, 2.75) is 30.2 Å². The standard InChI is InChI=1S/C19H18Br2N2O4S/c20-13-3-1-11-5-6-23(17(10-24)14(11)8-13)28(26,27)18-9-16-12(7-15(18)21)2-4-19(25)22-16/h1,3,7-9,17,24H,2,4-6,10H2,(H,22,25). The van der Waals surface area contributed by atoms with Crippen molar-refractivity contribution in [1.29, 1.82) is 0 Å². The average Bonchev–Trinajstić information content (AvgIpc) is 2.66. The molecule has 1 amide bonds. The monoisotopic (exact) mass is 528 g/mol. The van der Waals surface area contributed by atoms with Crippen molar-refractivity contribution in [3.63, 3.8) is 0 Å². The lowest BCUT2D eigenvalue weighted by atomic mass is 9.95. The number of anilines is 1. The fraction of sp³-hybridized carbons (Fsp3) is 0.316. The van der Waals surface area contributed by atoms with E-state index >= 15 is 0 Å². The molecule has 0 aromatic heterocycles. The number of benzene rings is 2. The molecule has 1 unspecified atom stereocenters. The number of amides is 1. The van der Waals surface area contributed by atoms with Crippen LogP contribution in [-0.2, 0) is 27.7 Å². The van der Waals surface area contributed by atoms with Crippen molar-refractivity contribution < 1.29 is 18.3 Å². The van der Waals surface area contributed by atoms with Gasteiger partial charge < -0.3 is 10.4 Å². The Balaban J connectivity index is 1.78. The minimum Gasteiger partial charge on any atom is -0.394 e. The number of aryl methyl sites for hydroxylation is 1. The number of aliphatic hydroxyl groups excluding tert-OH is 1. The first-order chi connectivity index (χ1) is 13.3. The van der Waals surface area contributed by atoms with Gasteiger partial charge in [-0.15, -0.1) is 0 Å². The van der Waals surface area contributed by atoms with Crippen LogP contribution in [0.3, 0.4) is 0 Å². The van der Waals surface area contributed by atoms with Gasteiger partial charge in [0.25, 0.3) is 0 Å². The van der Waals surface area contributed by atoms with Crippen LogP contribution in [0.15, 0.2) is 44.2 Å². The summed E-state index contributed by atoms with van der Waals surface area (Å²) in [7, 11) is -3.90. The number of hydrogen-bond acceptors (Lipinski definition) is 4. The number of sulfonamides is 1. The topological polar surface area (TPSA) is 86.7 Å². The molecular weight excluding hydrogens is 512 g/mol. The highest BCUT2D eigenvalue weighted by Crippen LogP contribution is 2.39. The maximum atomic E-state index is 13.5. The number of carbonyl (C=O) groups is 1. The number of rotatable bonds is 3. The van der Waals surface area contributed by atoms with Crippen LogP contribution in [0.2, 0.25) is 0 Å². The molecule has 2 N–H and O–H groups in total. The molecule has 0 saturated carbocycles. The van der Waals surface area contributed by atoms with Gasteiger partial charge in [-0.25, -0.2) is 8.42 Å². The molecule has 148 valence electrons. The quantitative estimate of drug-likeness (QED) is 0.638. The van der Waals surface area contributed by atoms with Gasteiger partial charge in [0.2, 0.25) is 15.9 Å². The lowest BCUT2D eigenvalue weighted by Crippen LogP contribution is -2.41. The molecule has 2 aromatic rings. The fourth-order valence-electron chi connectivity index (χ4n) is 3.83. The number of aliphatic hydroxyl groups is 1. The van der Waals surface area contributed by atoms with E-state index in [2.05, 4.69) is 37.2 Å². The minimum atomic E-state index is -3.90. The highest BCUT2D eigenvalue weighted by molar-refractivity contribution is 9.10. The van der Waals surface area contributed by atoms with E-state index in [1.165, 1.54) is 10.4 Å². The molecule has 0 radical (unpaired) electrons. The summed E-state index contributed by atoms with van der Waals surface area (Å²) in [6, 6.07) is 8.33. The normalized spacial score (nSPS) is 19.7. The molecule has 0 saturated heterocycles. The van der Waals surface area contributed by atoms with Gasteiger partial charge in [0.05, 0.1) is 17.5 Å². The third-order valence-corrected chi connectivity index (χ3v) is 8.59. The Morgan fingerprint density at radius 3 is 2.64 bits per heavy atom. The van der Waals surface area contributed by atoms with Crippen LogP contribution in [-0.4, -0.2) is 36.9 Å². The van der Waals surface area contributed by atoms with Crippen LogP contribution in [0.4, 0.5) is 5.69 Å². The molecule has 1 atom stereocenters. The highest BCUT2D eigenvalue weighted by Gasteiger charge is 2.37. The first-order valence-electron chi connectivity index (χ1n) is 8.84. The van der Waals surface area contributed by atoms with Gasteiger partial charge in [-0.3, -0.25) is 4.79 Å². The van der Waals surface area contributed by atoms with E-state index in [4.69, 9.17) is 0 Å². The average molecular weight is 530 g/mol. The smallest absolute Gasteiger partial charge is 0.244 e. The van der Waals surface area contributed by atoms with E-state index in [0.29, 0.717) is 29.4 Å². The lowest BCUT2D eigenvalue weighted by molar-refractivity contribution is -0.116. The fourth-order valence-corrected chi connectivity index (χ4v) is 6.88. The van der Waals surface area contributed by atoms with Crippen molar-refractivity contribution in [1.82, 2.24) is 4.31 Å². The molecule has 0 spiro atoms. The lowest BCUT2D eigenvalue weighted by Gasteiger charge is -2.36. The molecule has 0 fully saturated rings. The van der Waals surface area contributed by atoms with E-state index in [1.54, 1.807) is 6.07 Å². The zero-order valence-corrected chi connectivity index (χ0v) is 18.8. The number of carbonyl (C=O) groups excluding carboxylic acids is 1. The van der Waals surface area contributed by atoms with Gasteiger partial charge in [0.15, 0.2) is 0 Å². The van der Waals surface area contributed by atoms with Crippen molar-refractivity contribution in [2.75, 3.05) is 18.5 Å². The molecule has 28 heavy (non-hydrogen) atoms. The van der Waals surface area contributed by atoms with Crippen LogP contribution in [0.1, 0.15) is 29.2 Å². The molecule has 9 heteroatoms. The van der Waals surface area contributed by atoms with Crippen molar-refractivity contribution >= 4 is 53.5 Å². The van der Waals surface area contributed by atoms with Gasteiger partial charge in [-0.2, -0.15) is 4.31 Å². The van der Waals surface area contributed by atoms with Crippen molar-refractivity contribution in [2.24, 2.45) is 0 Å². The molecule has 2 heterocycles. The summed E-state index contributed by atoms with van der Waals surface area (Å²) in [6.45, 7) is -0.0416. The Hall–Kier alpha value is -1.26. The Bertz CT molecular complexity index is 1070. The Morgan fingerprint density at radius 2 is 1.89 bits per heavy atom. The molecule has 0 aliphatic carbocycles. The van der Waals surface area contributed by atoms with E-state index in [-0.39, 0.29) is 24.0 Å². The molecule has 0 bridgehead atoms. The first-order valence-corrected chi connectivity index (χ1v) is 11.9. The van der Waals surface area contributed by atoms with Crippen LogP contribution >= 0.6 is 31.9 Å². The van der Waals surface area contributed by atoms with E-state index in [9.17, 15) is 18.3 Å². The summed E-state index contributed by atoms with van der Waals surface area (Å²) in [5, 5.41) is 12.8. The zero-order chi connectivity index (χ0) is 20.1. The first kappa shape index (κ1) is 20.0. The third kappa shape index (κ3) is 3.43. The summed E-state index contributed by atoms with van der Waals surface area (Å²) >= 11 is 6.81. The largest absolute Gasteiger partial charge is 0.394 e. The highest BCUT2D eigenvalue weighted by atomic mass is 79.9. The van der Waals surface area contributed by atoms with Crippen LogP contribution < -0.4 is 5.32 Å². The second-order valence-electron chi connectivity index (χ2n) is 6.90. The van der Waals surface area contributed by atoms with Crippen LogP contribution in [0.25, 0.3) is 0 Å². The van der Waals surface area contributed by atoms with Crippen LogP contribution in [0.5, 0.6) is 0 Å². The SMILES string of the molecule is O=C1CCc2cc(Br)c(S(=O)(=O)N3CCc4ccc(Br)cc4C3CO)cc2N1. The Labute approximate surface area is 180 Å².